The van der Waals surface area contributed by atoms with Crippen LogP contribution in [-0.4, -0.2) is 51.6 Å². The van der Waals surface area contributed by atoms with Gasteiger partial charge in [-0.2, -0.15) is 0 Å². The molecule has 1 aromatic rings. The molecule has 0 unspecified atom stereocenters. The second kappa shape index (κ2) is 13.9. The van der Waals surface area contributed by atoms with Gasteiger partial charge in [-0.3, -0.25) is 10.1 Å². The van der Waals surface area contributed by atoms with Gasteiger partial charge in [-0.25, -0.2) is 0 Å². The topological polar surface area (TPSA) is 105 Å². The van der Waals surface area contributed by atoms with Gasteiger partial charge in [0.15, 0.2) is 0 Å². The molecule has 0 atom stereocenters. The summed E-state index contributed by atoms with van der Waals surface area (Å²) in [5, 5.41) is 20.7. The quantitative estimate of drug-likeness (QED) is 0.154. The van der Waals surface area contributed by atoms with Crippen molar-refractivity contribution in [2.45, 2.75) is 25.7 Å². The number of non-ortho nitro benzene ring substituents is 1. The number of nitrogens with two attached hydrogens (primary N) is 1. The molecule has 5 N–H and O–H groups in total. The van der Waals surface area contributed by atoms with E-state index < -0.39 is 0 Å². The van der Waals surface area contributed by atoms with Crippen molar-refractivity contribution in [3.8, 4) is 0 Å². The average Bonchev–Trinajstić information content (AvgIpc) is 2.59. The zero-order chi connectivity index (χ0) is 17.5. The third kappa shape index (κ3) is 10.3. The van der Waals surface area contributed by atoms with E-state index in [1.54, 1.807) is 24.3 Å². The molecule has 0 aliphatic rings. The summed E-state index contributed by atoms with van der Waals surface area (Å²) in [5.41, 5.74) is 6.63. The predicted octanol–water partition coefficient (Wildman–Crippen LogP) is -0.140. The molecule has 1 aromatic carbocycles. The number of nitro benzene ring substituents is 1. The van der Waals surface area contributed by atoms with Gasteiger partial charge in [-0.1, -0.05) is 17.6 Å². The highest BCUT2D eigenvalue weighted by Gasteiger charge is 2.04. The molecule has 0 bridgehead atoms. The largest absolute Gasteiger partial charge is 0.355 e. The van der Waals surface area contributed by atoms with Crippen LogP contribution in [0.15, 0.2) is 24.3 Å². The fourth-order valence-corrected chi connectivity index (χ4v) is 2.28. The van der Waals surface area contributed by atoms with Crippen molar-refractivity contribution in [2.75, 3.05) is 39.3 Å². The Morgan fingerprint density at radius 3 is 2.08 bits per heavy atom. The van der Waals surface area contributed by atoms with Gasteiger partial charge in [0.25, 0.3) is 5.69 Å². The first kappa shape index (κ1) is 20.6. The summed E-state index contributed by atoms with van der Waals surface area (Å²) in [6.07, 6.45) is 4.49. The minimum absolute atomic E-state index is 0.137. The zero-order valence-electron chi connectivity index (χ0n) is 14.4. The van der Waals surface area contributed by atoms with Crippen LogP contribution in [0.25, 0.3) is 0 Å². The molecule has 134 valence electrons. The van der Waals surface area contributed by atoms with E-state index in [4.69, 9.17) is 5.73 Å². The Labute approximate surface area is 145 Å². The lowest BCUT2D eigenvalue weighted by molar-refractivity contribution is -0.384. The van der Waals surface area contributed by atoms with E-state index in [-0.39, 0.29) is 10.6 Å². The molecule has 0 heterocycles. The number of nitro groups is 1. The first-order valence-corrected chi connectivity index (χ1v) is 8.79. The van der Waals surface area contributed by atoms with Crippen molar-refractivity contribution in [3.05, 3.63) is 34.4 Å². The maximum absolute atomic E-state index is 10.6. The van der Waals surface area contributed by atoms with Crippen LogP contribution >= 0.6 is 0 Å². The van der Waals surface area contributed by atoms with Crippen LogP contribution in [0, 0.1) is 10.1 Å². The normalized spacial score (nSPS) is 10.7. The summed E-state index contributed by atoms with van der Waals surface area (Å²) < 4.78 is 0. The molecule has 0 amide bonds. The van der Waals surface area contributed by atoms with E-state index in [2.05, 4.69) is 15.9 Å². The fraction of sp³-hybridized carbons (Fsp3) is 0.625. The number of hydrogen-bond acceptors (Lipinski definition) is 6. The highest BCUT2D eigenvalue weighted by atomic mass is 16.6. The summed E-state index contributed by atoms with van der Waals surface area (Å²) in [6, 6.07) is 6.68. The molecule has 0 aliphatic carbocycles. The number of nitrogens with zero attached hydrogens (tertiary/aromatic N) is 1. The lowest BCUT2D eigenvalue weighted by Gasteiger charge is -2.07. The predicted molar refractivity (Wildman–Crippen MR) is 101 cm³/mol. The maximum atomic E-state index is 10.6. The Morgan fingerprint density at radius 2 is 1.50 bits per heavy atom. The molecule has 0 fully saturated rings. The molecule has 0 saturated heterocycles. The number of rotatable bonds is 15. The summed E-state index contributed by atoms with van der Waals surface area (Å²) in [6.45, 7) is 5.84. The molecule has 0 spiro atoms. The Morgan fingerprint density at radius 1 is 0.917 bits per heavy atom. The summed E-state index contributed by atoms with van der Waals surface area (Å²) in [4.78, 5) is 10.2. The van der Waals surface area contributed by atoms with Gasteiger partial charge in [0.1, 0.15) is 0 Å². The molecule has 0 aliphatic heterocycles. The highest BCUT2D eigenvalue weighted by molar-refractivity contribution is 6.50. The van der Waals surface area contributed by atoms with Gasteiger partial charge in [-0.15, -0.1) is 0 Å². The molecule has 0 aromatic heterocycles. The Hall–Kier alpha value is -1.48. The number of nitrogens with one attached hydrogen (secondary N) is 3. The second-order valence-electron chi connectivity index (χ2n) is 5.80. The Bertz CT molecular complexity index is 445. The van der Waals surface area contributed by atoms with Crippen molar-refractivity contribution in [3.63, 3.8) is 0 Å². The fourth-order valence-electron chi connectivity index (χ4n) is 2.28. The van der Waals surface area contributed by atoms with E-state index in [0.29, 0.717) is 0 Å². The Balaban J connectivity index is 1.87. The summed E-state index contributed by atoms with van der Waals surface area (Å²) in [5.74, 6) is 0. The van der Waals surface area contributed by atoms with E-state index in [0.717, 1.165) is 65.0 Å². The average molecular weight is 335 g/mol. The zero-order valence-corrected chi connectivity index (χ0v) is 14.4. The molecule has 7 nitrogen and oxygen atoms in total. The van der Waals surface area contributed by atoms with Crippen LogP contribution in [0.3, 0.4) is 0 Å². The van der Waals surface area contributed by atoms with Crippen LogP contribution in [0.1, 0.15) is 25.7 Å². The third-order valence-electron chi connectivity index (χ3n) is 3.70. The lowest BCUT2D eigenvalue weighted by Crippen LogP contribution is -2.32. The molecular formula is C16H30BN5O2. The van der Waals surface area contributed by atoms with Crippen molar-refractivity contribution in [1.82, 2.24) is 15.9 Å². The molecule has 24 heavy (non-hydrogen) atoms. The van der Waals surface area contributed by atoms with Gasteiger partial charge in [0, 0.05) is 12.1 Å². The van der Waals surface area contributed by atoms with Crippen LogP contribution in [0.5, 0.6) is 0 Å². The van der Waals surface area contributed by atoms with E-state index in [1.807, 2.05) is 0 Å². The summed E-state index contributed by atoms with van der Waals surface area (Å²) in [7, 11) is 0.743. The minimum Gasteiger partial charge on any atom is -0.355 e. The third-order valence-corrected chi connectivity index (χ3v) is 3.70. The molecule has 0 radical (unpaired) electrons. The van der Waals surface area contributed by atoms with Crippen molar-refractivity contribution in [1.29, 1.82) is 0 Å². The van der Waals surface area contributed by atoms with Crippen molar-refractivity contribution in [2.24, 2.45) is 5.73 Å². The number of benzene rings is 1. The SMILES string of the molecule is NCCCNCCCCNCCCNBc1ccc([N+](=O)[O-])cc1. The van der Waals surface area contributed by atoms with E-state index in [1.165, 1.54) is 12.8 Å². The summed E-state index contributed by atoms with van der Waals surface area (Å²) >= 11 is 0. The van der Waals surface area contributed by atoms with Gasteiger partial charge < -0.3 is 21.6 Å². The second-order valence-corrected chi connectivity index (χ2v) is 5.80. The maximum Gasteiger partial charge on any atom is 0.269 e. The lowest BCUT2D eigenvalue weighted by atomic mass is 9.83. The molecule has 1 rings (SSSR count). The van der Waals surface area contributed by atoms with Crippen LogP contribution < -0.4 is 27.1 Å². The van der Waals surface area contributed by atoms with Crippen molar-refractivity contribution < 1.29 is 4.92 Å². The standard InChI is InChI=1S/C16H30BN5O2/c18-9-3-12-19-10-1-2-11-20-13-4-14-21-17-15-5-7-16(8-6-15)22(23)24/h5-8,17,19-21H,1-4,9-14,18H2. The number of hydrogen-bond donors (Lipinski definition) is 4. The molecular weight excluding hydrogens is 305 g/mol. The first-order valence-electron chi connectivity index (χ1n) is 8.79. The highest BCUT2D eigenvalue weighted by Crippen LogP contribution is 2.06. The van der Waals surface area contributed by atoms with Gasteiger partial charge in [0.2, 0.25) is 7.41 Å². The van der Waals surface area contributed by atoms with Gasteiger partial charge in [-0.05, 0) is 65.0 Å². The number of unbranched alkanes of at least 4 members (excludes halogenated alkanes) is 1. The smallest absolute Gasteiger partial charge is 0.269 e. The van der Waals surface area contributed by atoms with Crippen LogP contribution in [-0.2, 0) is 0 Å². The van der Waals surface area contributed by atoms with Crippen LogP contribution in [0.4, 0.5) is 5.69 Å². The van der Waals surface area contributed by atoms with Gasteiger partial charge >= 0.3 is 0 Å². The van der Waals surface area contributed by atoms with Gasteiger partial charge in [0.05, 0.1) is 4.92 Å². The Kier molecular flexibility index (Phi) is 11.9. The molecule has 0 saturated carbocycles. The van der Waals surface area contributed by atoms with Crippen molar-refractivity contribution >= 4 is 18.6 Å². The molecule has 8 heteroatoms. The monoisotopic (exact) mass is 335 g/mol. The van der Waals surface area contributed by atoms with E-state index >= 15 is 0 Å². The first-order chi connectivity index (χ1) is 11.7. The van der Waals surface area contributed by atoms with E-state index in [9.17, 15) is 10.1 Å². The van der Waals surface area contributed by atoms with Crippen LogP contribution in [0.2, 0.25) is 0 Å². The minimum atomic E-state index is -0.376.